The van der Waals surface area contributed by atoms with Crippen molar-refractivity contribution in [3.63, 3.8) is 0 Å². The van der Waals surface area contributed by atoms with Gasteiger partial charge >= 0.3 is 0 Å². The number of nitrogens with zero attached hydrogens (tertiary/aromatic N) is 2. The van der Waals surface area contributed by atoms with Crippen LogP contribution in [0, 0.1) is 0 Å². The quantitative estimate of drug-likeness (QED) is 0.779. The van der Waals surface area contributed by atoms with Crippen LogP contribution in [0.3, 0.4) is 0 Å². The second-order valence-corrected chi connectivity index (χ2v) is 5.33. The lowest BCUT2D eigenvalue weighted by molar-refractivity contribution is 0.580. The van der Waals surface area contributed by atoms with Crippen LogP contribution >= 0.6 is 11.3 Å². The number of benzene rings is 1. The van der Waals surface area contributed by atoms with E-state index in [0.717, 1.165) is 22.3 Å². The van der Waals surface area contributed by atoms with E-state index in [4.69, 9.17) is 4.42 Å². The molecular weight excluding hydrogens is 270 g/mol. The molecule has 0 saturated heterocycles. The Bertz CT molecular complexity index is 649. The lowest BCUT2D eigenvalue weighted by atomic mass is 10.1. The van der Waals surface area contributed by atoms with Gasteiger partial charge in [-0.3, -0.25) is 0 Å². The van der Waals surface area contributed by atoms with Crippen LogP contribution in [0.2, 0.25) is 0 Å². The maximum atomic E-state index is 5.37. The van der Waals surface area contributed by atoms with Crippen LogP contribution < -0.4 is 5.32 Å². The van der Waals surface area contributed by atoms with Crippen molar-refractivity contribution >= 4 is 11.3 Å². The molecule has 20 heavy (non-hydrogen) atoms. The van der Waals surface area contributed by atoms with Gasteiger partial charge in [0.2, 0.25) is 0 Å². The summed E-state index contributed by atoms with van der Waals surface area (Å²) in [5.41, 5.74) is 1.19. The maximum absolute atomic E-state index is 5.37. The molecular formula is C15H15N3OS. The van der Waals surface area contributed by atoms with E-state index in [2.05, 4.69) is 34.6 Å². The normalized spacial score (nSPS) is 12.4. The van der Waals surface area contributed by atoms with Crippen molar-refractivity contribution in [2.45, 2.75) is 13.0 Å². The molecule has 0 amide bonds. The minimum atomic E-state index is 0.0717. The Balaban J connectivity index is 1.92. The molecule has 102 valence electrons. The summed E-state index contributed by atoms with van der Waals surface area (Å²) in [5, 5.41) is 13.7. The van der Waals surface area contributed by atoms with Gasteiger partial charge in [-0.25, -0.2) is 0 Å². The van der Waals surface area contributed by atoms with Gasteiger partial charge in [0.15, 0.2) is 10.8 Å². The minimum absolute atomic E-state index is 0.0717. The van der Waals surface area contributed by atoms with Gasteiger partial charge in [0.25, 0.3) is 0 Å². The molecule has 0 aliphatic carbocycles. The van der Waals surface area contributed by atoms with Gasteiger partial charge in [0.05, 0.1) is 12.3 Å². The molecule has 2 heterocycles. The lowest BCUT2D eigenvalue weighted by Gasteiger charge is -2.14. The molecule has 1 atom stereocenters. The zero-order valence-corrected chi connectivity index (χ0v) is 11.9. The number of hydrogen-bond donors (Lipinski definition) is 1. The highest BCUT2D eigenvalue weighted by Crippen LogP contribution is 2.30. The van der Waals surface area contributed by atoms with Crippen LogP contribution in [-0.2, 0) is 0 Å². The highest BCUT2D eigenvalue weighted by Gasteiger charge is 2.19. The van der Waals surface area contributed by atoms with Gasteiger partial charge in [-0.2, -0.15) is 0 Å². The van der Waals surface area contributed by atoms with E-state index in [9.17, 15) is 0 Å². The van der Waals surface area contributed by atoms with Crippen LogP contribution in [0.25, 0.3) is 10.8 Å². The molecule has 3 aromatic rings. The van der Waals surface area contributed by atoms with Gasteiger partial charge in [-0.15, -0.1) is 10.2 Å². The molecule has 1 unspecified atom stereocenters. The maximum Gasteiger partial charge on any atom is 0.183 e. The predicted molar refractivity (Wildman–Crippen MR) is 79.6 cm³/mol. The SMILES string of the molecule is CCNC(c1ccccc1)c1nnc(-c2ccco2)s1. The van der Waals surface area contributed by atoms with Gasteiger partial charge in [-0.05, 0) is 24.2 Å². The van der Waals surface area contributed by atoms with E-state index in [-0.39, 0.29) is 6.04 Å². The van der Waals surface area contributed by atoms with E-state index in [1.807, 2.05) is 30.3 Å². The number of rotatable bonds is 5. The van der Waals surface area contributed by atoms with Gasteiger partial charge in [0, 0.05) is 0 Å². The van der Waals surface area contributed by atoms with Crippen molar-refractivity contribution in [2.75, 3.05) is 6.54 Å². The number of aromatic nitrogens is 2. The monoisotopic (exact) mass is 285 g/mol. The Labute approximate surface area is 121 Å². The fourth-order valence-electron chi connectivity index (χ4n) is 2.05. The zero-order valence-electron chi connectivity index (χ0n) is 11.1. The third-order valence-corrected chi connectivity index (χ3v) is 3.96. The molecule has 0 aliphatic heterocycles. The first-order valence-electron chi connectivity index (χ1n) is 6.54. The third kappa shape index (κ3) is 2.64. The highest BCUT2D eigenvalue weighted by molar-refractivity contribution is 7.14. The van der Waals surface area contributed by atoms with Crippen LogP contribution in [0.15, 0.2) is 53.1 Å². The van der Waals surface area contributed by atoms with Gasteiger partial charge in [-0.1, -0.05) is 48.6 Å². The molecule has 3 rings (SSSR count). The van der Waals surface area contributed by atoms with E-state index in [1.54, 1.807) is 17.6 Å². The van der Waals surface area contributed by atoms with Crippen LogP contribution in [0.5, 0.6) is 0 Å². The summed E-state index contributed by atoms with van der Waals surface area (Å²) in [6, 6.07) is 14.1. The number of furan rings is 1. The molecule has 0 radical (unpaired) electrons. The Morgan fingerprint density at radius 2 is 2.00 bits per heavy atom. The molecule has 0 saturated carbocycles. The Morgan fingerprint density at radius 3 is 2.70 bits per heavy atom. The van der Waals surface area contributed by atoms with Gasteiger partial charge in [0.1, 0.15) is 5.01 Å². The number of hydrogen-bond acceptors (Lipinski definition) is 5. The summed E-state index contributed by atoms with van der Waals surface area (Å²) >= 11 is 1.56. The fourth-order valence-corrected chi connectivity index (χ4v) is 2.96. The molecule has 4 nitrogen and oxygen atoms in total. The highest BCUT2D eigenvalue weighted by atomic mass is 32.1. The molecule has 5 heteroatoms. The molecule has 1 aromatic carbocycles. The topological polar surface area (TPSA) is 51.0 Å². The van der Waals surface area contributed by atoms with Crippen molar-refractivity contribution < 1.29 is 4.42 Å². The van der Waals surface area contributed by atoms with Crippen molar-refractivity contribution in [1.29, 1.82) is 0 Å². The second kappa shape index (κ2) is 5.98. The Morgan fingerprint density at radius 1 is 1.15 bits per heavy atom. The van der Waals surface area contributed by atoms with Crippen LogP contribution in [0.1, 0.15) is 23.5 Å². The van der Waals surface area contributed by atoms with E-state index < -0.39 is 0 Å². The summed E-state index contributed by atoms with van der Waals surface area (Å²) in [5.74, 6) is 0.761. The largest absolute Gasteiger partial charge is 0.462 e. The lowest BCUT2D eigenvalue weighted by Crippen LogP contribution is -2.21. The summed E-state index contributed by atoms with van der Waals surface area (Å²) in [6.45, 7) is 2.96. The first-order valence-corrected chi connectivity index (χ1v) is 7.35. The summed E-state index contributed by atoms with van der Waals surface area (Å²) in [6.07, 6.45) is 1.65. The van der Waals surface area contributed by atoms with Crippen molar-refractivity contribution in [2.24, 2.45) is 0 Å². The first kappa shape index (κ1) is 13.0. The number of nitrogens with one attached hydrogen (secondary N) is 1. The van der Waals surface area contributed by atoms with Crippen LogP contribution in [0.4, 0.5) is 0 Å². The molecule has 0 spiro atoms. The average Bonchev–Trinajstić information content (AvgIpc) is 3.16. The molecule has 0 fully saturated rings. The summed E-state index contributed by atoms with van der Waals surface area (Å²) < 4.78 is 5.37. The fraction of sp³-hybridized carbons (Fsp3) is 0.200. The van der Waals surface area contributed by atoms with Crippen LogP contribution in [-0.4, -0.2) is 16.7 Å². The summed E-state index contributed by atoms with van der Waals surface area (Å²) in [4.78, 5) is 0. The van der Waals surface area contributed by atoms with Gasteiger partial charge < -0.3 is 9.73 Å². The van der Waals surface area contributed by atoms with Crippen molar-refractivity contribution in [3.05, 3.63) is 59.3 Å². The smallest absolute Gasteiger partial charge is 0.183 e. The average molecular weight is 285 g/mol. The molecule has 0 aliphatic rings. The minimum Gasteiger partial charge on any atom is -0.462 e. The third-order valence-electron chi connectivity index (χ3n) is 2.96. The van der Waals surface area contributed by atoms with Crippen molar-refractivity contribution in [3.8, 4) is 10.8 Å². The van der Waals surface area contributed by atoms with Crippen molar-refractivity contribution in [1.82, 2.24) is 15.5 Å². The first-order chi connectivity index (χ1) is 9.88. The Kier molecular flexibility index (Phi) is 3.90. The summed E-state index contributed by atoms with van der Waals surface area (Å²) in [7, 11) is 0. The van der Waals surface area contributed by atoms with E-state index in [1.165, 1.54) is 5.56 Å². The zero-order chi connectivity index (χ0) is 13.8. The Hall–Kier alpha value is -1.98. The van der Waals surface area contributed by atoms with E-state index in [0.29, 0.717) is 0 Å². The predicted octanol–water partition coefficient (Wildman–Crippen LogP) is 3.50. The molecule has 2 aromatic heterocycles. The van der Waals surface area contributed by atoms with E-state index >= 15 is 0 Å². The standard InChI is InChI=1S/C15H15N3OS/c1-2-16-13(11-7-4-3-5-8-11)15-18-17-14(20-15)12-9-6-10-19-12/h3-10,13,16H,2H2,1H3. The second-order valence-electron chi connectivity index (χ2n) is 4.32. The molecule has 1 N–H and O–H groups in total. The molecule has 0 bridgehead atoms.